The first-order chi connectivity index (χ1) is 8.90. The summed E-state index contributed by atoms with van der Waals surface area (Å²) in [6.45, 7) is 1.55. The predicted molar refractivity (Wildman–Crippen MR) is 68.7 cm³/mol. The van der Waals surface area contributed by atoms with Crippen LogP contribution in [0.3, 0.4) is 0 Å². The van der Waals surface area contributed by atoms with E-state index in [0.29, 0.717) is 5.75 Å². The van der Waals surface area contributed by atoms with Crippen LogP contribution in [0.5, 0.6) is 5.75 Å². The smallest absolute Gasteiger partial charge is 0.338 e. The Kier molecular flexibility index (Phi) is 3.39. The molecule has 1 N–H and O–H groups in total. The normalized spacial score (nSPS) is 16.7. The molecule has 0 aliphatic carbocycles. The molecule has 0 saturated heterocycles. The molecule has 0 fully saturated rings. The summed E-state index contributed by atoms with van der Waals surface area (Å²) >= 11 is 0. The number of sulfonamides is 1. The number of carbonyl (C=O) groups is 1. The summed E-state index contributed by atoms with van der Waals surface area (Å²) in [6.07, 6.45) is 0.825. The molecule has 0 spiro atoms. The first-order valence-corrected chi connectivity index (χ1v) is 6.80. The van der Waals surface area contributed by atoms with E-state index in [9.17, 15) is 13.2 Å². The number of hydrogen-bond acceptors (Lipinski definition) is 4. The standard InChI is InChI=1S/C12H11NO5S/c1-8-2-4-9(5-3-8)18-7-11-10(12(14)15)6-13-19(11,16)17/h2-6H,7H2,1H3,(H,14,15). The molecular weight excluding hydrogens is 270 g/mol. The summed E-state index contributed by atoms with van der Waals surface area (Å²) in [5, 5.41) is 8.88. The second-order valence-corrected chi connectivity index (χ2v) is 5.61. The van der Waals surface area contributed by atoms with Crippen molar-refractivity contribution in [1.29, 1.82) is 0 Å². The monoisotopic (exact) mass is 281 g/mol. The summed E-state index contributed by atoms with van der Waals surface area (Å²) in [7, 11) is -3.92. The van der Waals surface area contributed by atoms with Gasteiger partial charge in [-0.1, -0.05) is 17.7 Å². The minimum atomic E-state index is -3.92. The average molecular weight is 281 g/mol. The maximum Gasteiger partial charge on any atom is 0.338 e. The lowest BCUT2D eigenvalue weighted by atomic mass is 10.2. The van der Waals surface area contributed by atoms with Crippen molar-refractivity contribution >= 4 is 22.2 Å². The topological polar surface area (TPSA) is 93.0 Å². The van der Waals surface area contributed by atoms with E-state index >= 15 is 0 Å². The highest BCUT2D eigenvalue weighted by Gasteiger charge is 2.30. The molecule has 0 unspecified atom stereocenters. The second-order valence-electron chi connectivity index (χ2n) is 3.95. The molecule has 1 aromatic rings. The van der Waals surface area contributed by atoms with Crippen LogP contribution in [0.2, 0.25) is 0 Å². The Balaban J connectivity index is 2.20. The van der Waals surface area contributed by atoms with E-state index in [0.717, 1.165) is 11.8 Å². The van der Waals surface area contributed by atoms with Crippen LogP contribution in [0.4, 0.5) is 0 Å². The quantitative estimate of drug-likeness (QED) is 0.892. The third kappa shape index (κ3) is 2.82. The fourth-order valence-corrected chi connectivity index (χ4v) is 2.50. The Morgan fingerprint density at radius 1 is 1.32 bits per heavy atom. The van der Waals surface area contributed by atoms with Gasteiger partial charge in [0.05, 0.1) is 11.8 Å². The van der Waals surface area contributed by atoms with Gasteiger partial charge >= 0.3 is 5.97 Å². The molecule has 2 rings (SSSR count). The van der Waals surface area contributed by atoms with Crippen molar-refractivity contribution in [3.8, 4) is 5.75 Å². The van der Waals surface area contributed by atoms with E-state index in [1.165, 1.54) is 0 Å². The van der Waals surface area contributed by atoms with Crippen LogP contribution in [-0.4, -0.2) is 32.3 Å². The van der Waals surface area contributed by atoms with Crippen LogP contribution in [0.15, 0.2) is 39.1 Å². The molecule has 1 aliphatic heterocycles. The molecule has 1 aliphatic rings. The van der Waals surface area contributed by atoms with E-state index in [1.54, 1.807) is 12.1 Å². The second kappa shape index (κ2) is 4.85. The van der Waals surface area contributed by atoms with Crippen LogP contribution in [0.1, 0.15) is 5.56 Å². The van der Waals surface area contributed by atoms with Crippen molar-refractivity contribution < 1.29 is 23.1 Å². The van der Waals surface area contributed by atoms with E-state index < -0.39 is 16.0 Å². The zero-order chi connectivity index (χ0) is 14.0. The van der Waals surface area contributed by atoms with E-state index in [1.807, 2.05) is 19.1 Å². The van der Waals surface area contributed by atoms with Crippen LogP contribution in [-0.2, 0) is 14.8 Å². The highest BCUT2D eigenvalue weighted by molar-refractivity contribution is 7.94. The lowest BCUT2D eigenvalue weighted by molar-refractivity contribution is -0.132. The van der Waals surface area contributed by atoms with Crippen molar-refractivity contribution in [3.63, 3.8) is 0 Å². The predicted octanol–water partition coefficient (Wildman–Crippen LogP) is 1.13. The first-order valence-electron chi connectivity index (χ1n) is 5.36. The van der Waals surface area contributed by atoms with Crippen molar-refractivity contribution in [3.05, 3.63) is 40.3 Å². The van der Waals surface area contributed by atoms with E-state index in [-0.39, 0.29) is 17.1 Å². The number of aryl methyl sites for hydroxylation is 1. The molecule has 6 nitrogen and oxygen atoms in total. The molecule has 0 atom stereocenters. The highest BCUT2D eigenvalue weighted by Crippen LogP contribution is 2.22. The van der Waals surface area contributed by atoms with Gasteiger partial charge in [0.1, 0.15) is 17.3 Å². The maximum atomic E-state index is 11.6. The maximum absolute atomic E-state index is 11.6. The van der Waals surface area contributed by atoms with E-state index in [4.69, 9.17) is 9.84 Å². The molecule has 1 aromatic carbocycles. The van der Waals surface area contributed by atoms with Gasteiger partial charge in [0.15, 0.2) is 0 Å². The highest BCUT2D eigenvalue weighted by atomic mass is 32.2. The van der Waals surface area contributed by atoms with E-state index in [2.05, 4.69) is 4.40 Å². The molecule has 0 aromatic heterocycles. The van der Waals surface area contributed by atoms with Gasteiger partial charge in [0.25, 0.3) is 10.0 Å². The number of aliphatic carboxylic acids is 1. The van der Waals surface area contributed by atoms with Crippen molar-refractivity contribution in [2.24, 2.45) is 4.40 Å². The first kappa shape index (κ1) is 13.3. The number of nitrogens with zero attached hydrogens (tertiary/aromatic N) is 1. The summed E-state index contributed by atoms with van der Waals surface area (Å²) in [5.74, 6) is -0.878. The van der Waals surface area contributed by atoms with Gasteiger partial charge in [-0.3, -0.25) is 0 Å². The Morgan fingerprint density at radius 2 is 1.95 bits per heavy atom. The zero-order valence-electron chi connectivity index (χ0n) is 10.0. The molecule has 0 radical (unpaired) electrons. The van der Waals surface area contributed by atoms with Crippen LogP contribution < -0.4 is 4.74 Å². The molecule has 100 valence electrons. The Hall–Kier alpha value is -2.15. The van der Waals surface area contributed by atoms with Gasteiger partial charge < -0.3 is 9.84 Å². The lowest BCUT2D eigenvalue weighted by Gasteiger charge is -2.07. The van der Waals surface area contributed by atoms with Crippen molar-refractivity contribution in [2.45, 2.75) is 6.92 Å². The number of hydrogen-bond donors (Lipinski definition) is 1. The minimum Gasteiger partial charge on any atom is -0.488 e. The Bertz CT molecular complexity index is 671. The van der Waals surface area contributed by atoms with Gasteiger partial charge in [-0.15, -0.1) is 0 Å². The molecule has 0 bridgehead atoms. The molecule has 0 amide bonds. The summed E-state index contributed by atoms with van der Waals surface area (Å²) < 4.78 is 31.6. The third-order valence-corrected chi connectivity index (χ3v) is 3.90. The lowest BCUT2D eigenvalue weighted by Crippen LogP contribution is -2.12. The van der Waals surface area contributed by atoms with Gasteiger partial charge in [0.2, 0.25) is 0 Å². The van der Waals surface area contributed by atoms with Crippen LogP contribution in [0, 0.1) is 6.92 Å². The summed E-state index contributed by atoms with van der Waals surface area (Å²) in [6, 6.07) is 6.97. The number of carboxylic acids is 1. The molecule has 1 heterocycles. The van der Waals surface area contributed by atoms with Crippen molar-refractivity contribution in [2.75, 3.05) is 6.61 Å². The number of rotatable bonds is 4. The summed E-state index contributed by atoms with van der Waals surface area (Å²) in [4.78, 5) is 10.6. The number of carboxylic acid groups (broad SMARTS) is 1. The van der Waals surface area contributed by atoms with Gasteiger partial charge in [-0.05, 0) is 19.1 Å². The van der Waals surface area contributed by atoms with Gasteiger partial charge in [-0.2, -0.15) is 12.8 Å². The number of ether oxygens (including phenoxy) is 1. The van der Waals surface area contributed by atoms with Crippen LogP contribution in [0.25, 0.3) is 0 Å². The molecule has 19 heavy (non-hydrogen) atoms. The SMILES string of the molecule is Cc1ccc(OCC2=C(C(=O)O)C=NS2(=O)=O)cc1. The minimum absolute atomic E-state index is 0.333. The average Bonchev–Trinajstić information content (AvgIpc) is 2.64. The van der Waals surface area contributed by atoms with Gasteiger partial charge in [-0.25, -0.2) is 4.79 Å². The van der Waals surface area contributed by atoms with Crippen molar-refractivity contribution in [1.82, 2.24) is 0 Å². The third-order valence-electron chi connectivity index (χ3n) is 2.55. The number of benzene rings is 1. The zero-order valence-corrected chi connectivity index (χ0v) is 10.8. The largest absolute Gasteiger partial charge is 0.488 e. The summed E-state index contributed by atoms with van der Waals surface area (Å²) in [5.41, 5.74) is 0.682. The Morgan fingerprint density at radius 3 is 2.53 bits per heavy atom. The molecular formula is C12H11NO5S. The van der Waals surface area contributed by atoms with Gasteiger partial charge in [0, 0.05) is 0 Å². The van der Waals surface area contributed by atoms with Crippen LogP contribution >= 0.6 is 0 Å². The molecule has 0 saturated carbocycles. The Labute approximate surface area is 110 Å². The fraction of sp³-hybridized carbons (Fsp3) is 0.167. The fourth-order valence-electron chi connectivity index (χ4n) is 1.51. The molecule has 7 heteroatoms.